The number of carbonyl (C=O) groups is 2. The van der Waals surface area contributed by atoms with E-state index in [0.29, 0.717) is 5.57 Å². The van der Waals surface area contributed by atoms with Crippen LogP contribution in [0.2, 0.25) is 0 Å². The molecule has 2 rings (SSSR count). The summed E-state index contributed by atoms with van der Waals surface area (Å²) in [5.41, 5.74) is 6.10. The van der Waals surface area contributed by atoms with Crippen molar-refractivity contribution in [3.63, 3.8) is 0 Å². The Kier molecular flexibility index (Phi) is 5.91. The summed E-state index contributed by atoms with van der Waals surface area (Å²) in [6, 6.07) is 9.32. The van der Waals surface area contributed by atoms with Gasteiger partial charge < -0.3 is 10.2 Å². The fourth-order valence-electron chi connectivity index (χ4n) is 2.23. The van der Waals surface area contributed by atoms with E-state index in [9.17, 15) is 9.59 Å². The number of rotatable bonds is 3. The van der Waals surface area contributed by atoms with Gasteiger partial charge in [0, 0.05) is 25.2 Å². The van der Waals surface area contributed by atoms with Crippen LogP contribution in [-0.2, 0) is 9.59 Å². The first kappa shape index (κ1) is 17.9. The lowest BCUT2D eigenvalue weighted by molar-refractivity contribution is -0.135. The maximum atomic E-state index is 12.6. The normalized spacial score (nSPS) is 20.8. The Hall–Kier alpha value is -2.11. The summed E-state index contributed by atoms with van der Waals surface area (Å²) in [6.07, 6.45) is 5.38. The van der Waals surface area contributed by atoms with Gasteiger partial charge in [0.25, 0.3) is 5.91 Å². The Morgan fingerprint density at radius 2 is 1.95 bits per heavy atom. The van der Waals surface area contributed by atoms with Gasteiger partial charge in [0.2, 0.25) is 5.91 Å². The van der Waals surface area contributed by atoms with Gasteiger partial charge in [-0.3, -0.25) is 15.3 Å². The van der Waals surface area contributed by atoms with E-state index in [1.807, 2.05) is 30.3 Å². The molecular weight excluding hydrogens is 302 g/mol. The number of carbonyl (C=O) groups excluding carboxylic acids is 2. The van der Waals surface area contributed by atoms with E-state index in [0.717, 1.165) is 5.56 Å². The lowest BCUT2D eigenvalue weighted by atomic mass is 9.91. The third-order valence-corrected chi connectivity index (χ3v) is 3.40. The van der Waals surface area contributed by atoms with Crippen molar-refractivity contribution in [1.29, 1.82) is 0 Å². The molecule has 0 bridgehead atoms. The largest absolute Gasteiger partial charge is 0.326 e. The molecule has 118 valence electrons. The van der Waals surface area contributed by atoms with Crippen molar-refractivity contribution in [2.45, 2.75) is 19.0 Å². The van der Waals surface area contributed by atoms with Crippen LogP contribution in [-0.4, -0.2) is 29.4 Å². The summed E-state index contributed by atoms with van der Waals surface area (Å²) >= 11 is 0. The number of likely N-dealkylation sites (N-methyl/N-ethyl adjacent to an activating group) is 1. The summed E-state index contributed by atoms with van der Waals surface area (Å²) in [5, 5.41) is 2.65. The van der Waals surface area contributed by atoms with Crippen LogP contribution >= 0.6 is 12.4 Å². The summed E-state index contributed by atoms with van der Waals surface area (Å²) in [6.45, 7) is 1.72. The first-order valence-corrected chi connectivity index (χ1v) is 6.80. The molecule has 5 nitrogen and oxygen atoms in total. The Bertz CT molecular complexity index is 613. The van der Waals surface area contributed by atoms with Crippen molar-refractivity contribution in [3.05, 3.63) is 54.2 Å². The summed E-state index contributed by atoms with van der Waals surface area (Å²) in [4.78, 5) is 25.8. The van der Waals surface area contributed by atoms with E-state index >= 15 is 0 Å². The monoisotopic (exact) mass is 321 g/mol. The number of benzene rings is 1. The van der Waals surface area contributed by atoms with E-state index in [1.165, 1.54) is 4.90 Å². The Morgan fingerprint density at radius 3 is 2.55 bits per heavy atom. The van der Waals surface area contributed by atoms with Crippen LogP contribution in [0.4, 0.5) is 0 Å². The Morgan fingerprint density at radius 1 is 1.32 bits per heavy atom. The fourth-order valence-corrected chi connectivity index (χ4v) is 2.23. The lowest BCUT2D eigenvalue weighted by Gasteiger charge is -2.33. The Balaban J connectivity index is 0.00000242. The number of nitrogens with one attached hydrogen (secondary N) is 1. The molecule has 0 spiro atoms. The molecule has 0 aromatic heterocycles. The van der Waals surface area contributed by atoms with Gasteiger partial charge in [-0.15, -0.1) is 12.4 Å². The van der Waals surface area contributed by atoms with Gasteiger partial charge in [0.15, 0.2) is 5.66 Å². The first-order chi connectivity index (χ1) is 9.99. The van der Waals surface area contributed by atoms with Gasteiger partial charge in [0.1, 0.15) is 0 Å². The van der Waals surface area contributed by atoms with E-state index in [-0.39, 0.29) is 30.6 Å². The minimum Gasteiger partial charge on any atom is -0.326 e. The number of halogens is 1. The predicted octanol–water partition coefficient (Wildman–Crippen LogP) is 1.66. The van der Waals surface area contributed by atoms with Crippen LogP contribution in [0.25, 0.3) is 5.57 Å². The number of hydrogen-bond donors (Lipinski definition) is 2. The lowest BCUT2D eigenvalue weighted by Crippen LogP contribution is -2.64. The molecule has 0 fully saturated rings. The van der Waals surface area contributed by atoms with Crippen LogP contribution in [0.15, 0.2) is 48.7 Å². The standard InChI is InChI=1S/C16H19N3O2.ClH/c1-3-14(20)18-16(17)13(12-8-5-4-6-9-12)10-7-11-19(2)15(16)21;/h4-11H,3,17H2,1-2H3,(H,18,20);1H/t16-;/m0./s1. The van der Waals surface area contributed by atoms with Crippen molar-refractivity contribution in [2.75, 3.05) is 7.05 Å². The third-order valence-electron chi connectivity index (χ3n) is 3.40. The van der Waals surface area contributed by atoms with E-state index in [1.54, 1.807) is 32.3 Å². The zero-order chi connectivity index (χ0) is 15.5. The van der Waals surface area contributed by atoms with Gasteiger partial charge in [0.05, 0.1) is 0 Å². The molecule has 1 aromatic rings. The molecule has 22 heavy (non-hydrogen) atoms. The van der Waals surface area contributed by atoms with Gasteiger partial charge in [-0.1, -0.05) is 43.3 Å². The van der Waals surface area contributed by atoms with Crippen LogP contribution in [0.3, 0.4) is 0 Å². The van der Waals surface area contributed by atoms with Crippen LogP contribution in [0.1, 0.15) is 18.9 Å². The highest BCUT2D eigenvalue weighted by atomic mass is 35.5. The van der Waals surface area contributed by atoms with Gasteiger partial charge in [-0.25, -0.2) is 0 Å². The molecule has 1 heterocycles. The number of hydrogen-bond acceptors (Lipinski definition) is 3. The van der Waals surface area contributed by atoms with Crippen LogP contribution in [0, 0.1) is 0 Å². The maximum absolute atomic E-state index is 12.6. The molecule has 3 N–H and O–H groups in total. The molecule has 0 saturated heterocycles. The van der Waals surface area contributed by atoms with Crippen LogP contribution < -0.4 is 11.1 Å². The average molecular weight is 322 g/mol. The highest BCUT2D eigenvalue weighted by molar-refractivity contribution is 6.04. The van der Waals surface area contributed by atoms with Crippen molar-refractivity contribution in [1.82, 2.24) is 10.2 Å². The third kappa shape index (κ3) is 3.37. The van der Waals surface area contributed by atoms with E-state index in [4.69, 9.17) is 5.73 Å². The van der Waals surface area contributed by atoms with Crippen molar-refractivity contribution >= 4 is 29.8 Å². The summed E-state index contributed by atoms with van der Waals surface area (Å²) < 4.78 is 0. The zero-order valence-corrected chi connectivity index (χ0v) is 13.4. The summed E-state index contributed by atoms with van der Waals surface area (Å²) in [7, 11) is 1.61. The van der Waals surface area contributed by atoms with Crippen molar-refractivity contribution < 1.29 is 9.59 Å². The Labute approximate surface area is 136 Å². The number of nitrogens with zero attached hydrogens (tertiary/aromatic N) is 1. The topological polar surface area (TPSA) is 75.4 Å². The fraction of sp³-hybridized carbons (Fsp3) is 0.250. The number of nitrogens with two attached hydrogens (primary N) is 1. The molecule has 1 aromatic carbocycles. The van der Waals surface area contributed by atoms with E-state index in [2.05, 4.69) is 5.32 Å². The van der Waals surface area contributed by atoms with E-state index < -0.39 is 5.66 Å². The van der Waals surface area contributed by atoms with Crippen molar-refractivity contribution in [2.24, 2.45) is 5.73 Å². The predicted molar refractivity (Wildman–Crippen MR) is 88.9 cm³/mol. The number of amides is 2. The smallest absolute Gasteiger partial charge is 0.271 e. The number of allylic oxidation sites excluding steroid dienone is 2. The molecule has 0 unspecified atom stereocenters. The molecule has 1 aliphatic heterocycles. The zero-order valence-electron chi connectivity index (χ0n) is 12.6. The van der Waals surface area contributed by atoms with Gasteiger partial charge in [-0.05, 0) is 11.6 Å². The van der Waals surface area contributed by atoms with Gasteiger partial charge >= 0.3 is 0 Å². The molecule has 1 aliphatic rings. The molecule has 1 atom stereocenters. The van der Waals surface area contributed by atoms with Crippen LogP contribution in [0.5, 0.6) is 0 Å². The second kappa shape index (κ2) is 7.24. The highest BCUT2D eigenvalue weighted by Gasteiger charge is 2.42. The molecule has 2 amide bonds. The van der Waals surface area contributed by atoms with Crippen molar-refractivity contribution in [3.8, 4) is 0 Å². The first-order valence-electron chi connectivity index (χ1n) is 6.80. The molecule has 0 saturated carbocycles. The second-order valence-electron chi connectivity index (χ2n) is 4.91. The summed E-state index contributed by atoms with van der Waals surface area (Å²) in [5.74, 6) is -0.656. The highest BCUT2D eigenvalue weighted by Crippen LogP contribution is 2.27. The quantitative estimate of drug-likeness (QED) is 0.831. The second-order valence-corrected chi connectivity index (χ2v) is 4.91. The minimum absolute atomic E-state index is 0. The molecular formula is C16H20ClN3O2. The maximum Gasteiger partial charge on any atom is 0.271 e. The van der Waals surface area contributed by atoms with Gasteiger partial charge in [-0.2, -0.15) is 0 Å². The molecule has 6 heteroatoms. The SMILES string of the molecule is CCC(=O)N[C@]1(N)C(=O)N(C)C=CC=C1c1ccccc1.Cl. The minimum atomic E-state index is -1.58. The molecule has 0 aliphatic carbocycles. The average Bonchev–Trinajstić information content (AvgIpc) is 2.60. The molecule has 0 radical (unpaired) electrons.